The third-order valence-corrected chi connectivity index (χ3v) is 4.36. The Labute approximate surface area is 135 Å². The Morgan fingerprint density at radius 3 is 1.87 bits per heavy atom. The van der Waals surface area contributed by atoms with Crippen LogP contribution >= 0.6 is 0 Å². The highest BCUT2D eigenvalue weighted by Crippen LogP contribution is 2.33. The molecule has 1 aliphatic rings. The first kappa shape index (κ1) is 15.4. The number of carboxylic acid groups (broad SMARTS) is 1. The number of carboxylic acids is 1. The first-order valence-corrected chi connectivity index (χ1v) is 8.07. The maximum Gasteiger partial charge on any atom is 0.335 e. The number of carbonyl (C=O) groups is 1. The summed E-state index contributed by atoms with van der Waals surface area (Å²) in [6.45, 7) is 0. The number of aromatic carboxylic acids is 1. The average Bonchev–Trinajstić information content (AvgIpc) is 2.61. The fraction of sp³-hybridized carbons (Fsp3) is 0.316. The number of hydrogen-bond donors (Lipinski definition) is 1. The van der Waals surface area contributed by atoms with Crippen LogP contribution < -0.4 is 0 Å². The molecule has 1 aliphatic carbocycles. The monoisotopic (exact) mass is 308 g/mol. The van der Waals surface area contributed by atoms with Crippen LogP contribution in [-0.4, -0.2) is 11.1 Å². The van der Waals surface area contributed by atoms with Gasteiger partial charge >= 0.3 is 5.97 Å². The van der Waals surface area contributed by atoms with Crippen molar-refractivity contribution < 1.29 is 9.90 Å². The van der Waals surface area contributed by atoms with Crippen LogP contribution in [0.5, 0.6) is 0 Å². The van der Waals surface area contributed by atoms with Crippen LogP contribution in [-0.2, 0) is 0 Å². The summed E-state index contributed by atoms with van der Waals surface area (Å²) >= 11 is 0. The maximum atomic E-state index is 10.8. The van der Waals surface area contributed by atoms with Crippen molar-refractivity contribution in [3.8, 4) is 0 Å². The van der Waals surface area contributed by atoms with E-state index in [1.54, 1.807) is 12.1 Å². The highest BCUT2D eigenvalue weighted by molar-refractivity contribution is 5.87. The number of hydrogen-bond acceptors (Lipinski definition) is 3. The molecule has 0 atom stereocenters. The van der Waals surface area contributed by atoms with Crippen molar-refractivity contribution in [1.29, 1.82) is 0 Å². The quantitative estimate of drug-likeness (QED) is 0.720. The Hall–Kier alpha value is -2.49. The zero-order valence-electron chi connectivity index (χ0n) is 13.0. The molecule has 4 nitrogen and oxygen atoms in total. The lowest BCUT2D eigenvalue weighted by Gasteiger charge is -2.21. The normalized spacial score (nSPS) is 15.8. The van der Waals surface area contributed by atoms with E-state index in [1.807, 2.05) is 12.1 Å². The van der Waals surface area contributed by atoms with Gasteiger partial charge in [0.2, 0.25) is 0 Å². The Kier molecular flexibility index (Phi) is 4.81. The molecule has 1 saturated carbocycles. The largest absolute Gasteiger partial charge is 0.478 e. The van der Waals surface area contributed by atoms with Gasteiger partial charge in [-0.05, 0) is 60.7 Å². The Morgan fingerprint density at radius 1 is 0.826 bits per heavy atom. The minimum atomic E-state index is -0.938. The van der Waals surface area contributed by atoms with E-state index < -0.39 is 5.97 Å². The molecule has 1 fully saturated rings. The minimum absolute atomic E-state index is 0.251. The van der Waals surface area contributed by atoms with Crippen LogP contribution in [0.2, 0.25) is 0 Å². The van der Waals surface area contributed by atoms with Crippen LogP contribution in [0, 0.1) is 0 Å². The average molecular weight is 308 g/mol. The van der Waals surface area contributed by atoms with E-state index in [0.29, 0.717) is 11.6 Å². The van der Waals surface area contributed by atoms with Crippen LogP contribution in [0.1, 0.15) is 53.9 Å². The first-order chi connectivity index (χ1) is 11.2. The molecular weight excluding hydrogens is 288 g/mol. The lowest BCUT2D eigenvalue weighted by atomic mass is 9.84. The predicted octanol–water partition coefficient (Wildman–Crippen LogP) is 5.85. The van der Waals surface area contributed by atoms with E-state index in [9.17, 15) is 4.79 Å². The molecule has 0 aliphatic heterocycles. The van der Waals surface area contributed by atoms with E-state index in [2.05, 4.69) is 22.4 Å². The first-order valence-electron chi connectivity index (χ1n) is 8.07. The summed E-state index contributed by atoms with van der Waals surface area (Å²) in [5, 5.41) is 17.2. The molecule has 0 spiro atoms. The van der Waals surface area contributed by atoms with Crippen molar-refractivity contribution in [3.63, 3.8) is 0 Å². The minimum Gasteiger partial charge on any atom is -0.478 e. The van der Waals surface area contributed by atoms with Crippen LogP contribution in [0.3, 0.4) is 0 Å². The van der Waals surface area contributed by atoms with Crippen LogP contribution in [0.15, 0.2) is 58.8 Å². The van der Waals surface area contributed by atoms with Crippen molar-refractivity contribution in [2.45, 2.75) is 38.0 Å². The summed E-state index contributed by atoms with van der Waals surface area (Å²) in [7, 11) is 0. The number of nitrogens with zero attached hydrogens (tertiary/aromatic N) is 2. The van der Waals surface area contributed by atoms with Gasteiger partial charge in [-0.25, -0.2) is 4.79 Å². The van der Waals surface area contributed by atoms with Gasteiger partial charge in [0.1, 0.15) is 0 Å². The van der Waals surface area contributed by atoms with E-state index in [1.165, 1.54) is 49.8 Å². The SMILES string of the molecule is O=C(O)c1ccc(N=Nc2ccc(C3CCCCC3)cc2)cc1. The van der Waals surface area contributed by atoms with Crippen molar-refractivity contribution >= 4 is 17.3 Å². The van der Waals surface area contributed by atoms with Gasteiger partial charge < -0.3 is 5.11 Å². The molecule has 0 aromatic heterocycles. The lowest BCUT2D eigenvalue weighted by molar-refractivity contribution is 0.0697. The van der Waals surface area contributed by atoms with Gasteiger partial charge in [-0.15, -0.1) is 0 Å². The summed E-state index contributed by atoms with van der Waals surface area (Å²) in [6, 6.07) is 14.7. The second-order valence-electron chi connectivity index (χ2n) is 5.98. The van der Waals surface area contributed by atoms with Crippen molar-refractivity contribution in [1.82, 2.24) is 0 Å². The summed E-state index contributed by atoms with van der Waals surface area (Å²) in [5.41, 5.74) is 3.11. The molecule has 2 aromatic rings. The highest BCUT2D eigenvalue weighted by Gasteiger charge is 2.14. The van der Waals surface area contributed by atoms with Gasteiger partial charge in [-0.1, -0.05) is 31.4 Å². The second-order valence-corrected chi connectivity index (χ2v) is 5.98. The molecule has 118 valence electrons. The van der Waals surface area contributed by atoms with Gasteiger partial charge in [0.05, 0.1) is 16.9 Å². The summed E-state index contributed by atoms with van der Waals surface area (Å²) in [6.07, 6.45) is 6.61. The van der Waals surface area contributed by atoms with Gasteiger partial charge in [-0.3, -0.25) is 0 Å². The Morgan fingerprint density at radius 2 is 1.35 bits per heavy atom. The fourth-order valence-electron chi connectivity index (χ4n) is 3.04. The molecule has 2 aromatic carbocycles. The van der Waals surface area contributed by atoms with E-state index in [0.717, 1.165) is 5.69 Å². The van der Waals surface area contributed by atoms with Crippen molar-refractivity contribution in [3.05, 3.63) is 59.7 Å². The van der Waals surface area contributed by atoms with E-state index in [4.69, 9.17) is 5.11 Å². The smallest absolute Gasteiger partial charge is 0.335 e. The molecule has 0 radical (unpaired) electrons. The van der Waals surface area contributed by atoms with E-state index in [-0.39, 0.29) is 5.56 Å². The van der Waals surface area contributed by atoms with Crippen LogP contribution in [0.4, 0.5) is 11.4 Å². The third-order valence-electron chi connectivity index (χ3n) is 4.36. The Balaban J connectivity index is 1.66. The van der Waals surface area contributed by atoms with Gasteiger partial charge in [0.15, 0.2) is 0 Å². The number of azo groups is 1. The number of rotatable bonds is 4. The molecule has 3 rings (SSSR count). The second kappa shape index (κ2) is 7.18. The Bertz CT molecular complexity index is 684. The molecule has 0 amide bonds. The van der Waals surface area contributed by atoms with Crippen molar-refractivity contribution in [2.24, 2.45) is 10.2 Å². The lowest BCUT2D eigenvalue weighted by Crippen LogP contribution is -2.03. The zero-order valence-corrected chi connectivity index (χ0v) is 13.0. The van der Waals surface area contributed by atoms with Gasteiger partial charge in [0, 0.05) is 0 Å². The number of benzene rings is 2. The van der Waals surface area contributed by atoms with Gasteiger partial charge in [0.25, 0.3) is 0 Å². The predicted molar refractivity (Wildman–Crippen MR) is 89.8 cm³/mol. The molecule has 4 heteroatoms. The topological polar surface area (TPSA) is 62.0 Å². The molecular formula is C19H20N2O2. The van der Waals surface area contributed by atoms with Crippen molar-refractivity contribution in [2.75, 3.05) is 0 Å². The molecule has 23 heavy (non-hydrogen) atoms. The summed E-state index contributed by atoms with van der Waals surface area (Å²) < 4.78 is 0. The summed E-state index contributed by atoms with van der Waals surface area (Å²) in [5.74, 6) is -0.245. The molecule has 0 saturated heterocycles. The highest BCUT2D eigenvalue weighted by atomic mass is 16.4. The standard InChI is InChI=1S/C19H20N2O2/c22-19(23)16-8-12-18(13-9-16)21-20-17-10-6-15(7-11-17)14-4-2-1-3-5-14/h6-14H,1-5H2,(H,22,23). The molecule has 0 unspecified atom stereocenters. The van der Waals surface area contributed by atoms with Gasteiger partial charge in [-0.2, -0.15) is 10.2 Å². The molecule has 0 bridgehead atoms. The third kappa shape index (κ3) is 4.03. The molecule has 1 N–H and O–H groups in total. The van der Waals surface area contributed by atoms with E-state index >= 15 is 0 Å². The van der Waals surface area contributed by atoms with Crippen LogP contribution in [0.25, 0.3) is 0 Å². The molecule has 0 heterocycles. The summed E-state index contributed by atoms with van der Waals surface area (Å²) in [4.78, 5) is 10.8. The zero-order chi connectivity index (χ0) is 16.1. The maximum absolute atomic E-state index is 10.8. The fourth-order valence-corrected chi connectivity index (χ4v) is 3.04.